The molecule has 0 aliphatic carbocycles. The summed E-state index contributed by atoms with van der Waals surface area (Å²) in [7, 11) is 1.59. The van der Waals surface area contributed by atoms with Gasteiger partial charge in [0, 0.05) is 5.56 Å². The minimum Gasteiger partial charge on any atom is -0.493 e. The molecule has 2 aromatic rings. The Labute approximate surface area is 135 Å². The molecule has 0 saturated heterocycles. The molecule has 0 aliphatic heterocycles. The quantitative estimate of drug-likeness (QED) is 0.600. The molecule has 23 heavy (non-hydrogen) atoms. The lowest BCUT2D eigenvalue weighted by Crippen LogP contribution is -1.96. The molecule has 0 amide bonds. The lowest BCUT2D eigenvalue weighted by Gasteiger charge is -2.09. The topological polar surface area (TPSA) is 59.3 Å². The van der Waals surface area contributed by atoms with Gasteiger partial charge in [0.1, 0.15) is 0 Å². The van der Waals surface area contributed by atoms with E-state index in [1.54, 1.807) is 43.5 Å². The number of carbonyl (C=O) groups is 1. The number of hydrogen-bond acceptors (Lipinski definition) is 4. The van der Waals surface area contributed by atoms with Crippen LogP contribution in [0.15, 0.2) is 48.5 Å². The number of rotatable bonds is 6. The van der Waals surface area contributed by atoms with Crippen molar-refractivity contribution >= 4 is 11.9 Å². The molecule has 4 heteroatoms. The molecule has 2 rings (SSSR count). The number of carbonyl (C=O) groups excluding carboxylic acids is 1. The van der Waals surface area contributed by atoms with Gasteiger partial charge in [0.25, 0.3) is 0 Å². The average Bonchev–Trinajstić information content (AvgIpc) is 2.60. The third-order valence-electron chi connectivity index (χ3n) is 3.21. The minimum atomic E-state index is -0.122. The summed E-state index contributed by atoms with van der Waals surface area (Å²) in [6.45, 7) is 2.43. The number of methoxy groups -OCH3 is 1. The van der Waals surface area contributed by atoms with Gasteiger partial charge in [-0.2, -0.15) is 5.26 Å². The van der Waals surface area contributed by atoms with E-state index in [1.807, 2.05) is 25.1 Å². The van der Waals surface area contributed by atoms with E-state index in [-0.39, 0.29) is 5.78 Å². The molecule has 0 unspecified atom stereocenters. The Balaban J connectivity index is 2.17. The molecule has 4 nitrogen and oxygen atoms in total. The summed E-state index contributed by atoms with van der Waals surface area (Å²) in [6, 6.07) is 14.0. The van der Waals surface area contributed by atoms with Crippen molar-refractivity contribution in [1.29, 1.82) is 5.26 Å². The van der Waals surface area contributed by atoms with Gasteiger partial charge in [0.05, 0.1) is 25.3 Å². The zero-order valence-corrected chi connectivity index (χ0v) is 13.1. The van der Waals surface area contributed by atoms with Crippen LogP contribution in [0.4, 0.5) is 0 Å². The molecule has 0 atom stereocenters. The summed E-state index contributed by atoms with van der Waals surface area (Å²) in [4.78, 5) is 12.1. The van der Waals surface area contributed by atoms with Gasteiger partial charge in [-0.05, 0) is 55.0 Å². The molecule has 0 spiro atoms. The van der Waals surface area contributed by atoms with Gasteiger partial charge in [0.15, 0.2) is 17.3 Å². The summed E-state index contributed by atoms with van der Waals surface area (Å²) < 4.78 is 10.7. The molecular weight excluding hydrogens is 290 g/mol. The number of nitriles is 1. The lowest BCUT2D eigenvalue weighted by molar-refractivity contribution is 0.104. The van der Waals surface area contributed by atoms with E-state index < -0.39 is 0 Å². The minimum absolute atomic E-state index is 0.122. The normalized spacial score (nSPS) is 10.3. The summed E-state index contributed by atoms with van der Waals surface area (Å²) >= 11 is 0. The van der Waals surface area contributed by atoms with Crippen LogP contribution in [0.2, 0.25) is 0 Å². The Hall–Kier alpha value is -3.06. The van der Waals surface area contributed by atoms with Crippen molar-refractivity contribution in [2.45, 2.75) is 6.92 Å². The fourth-order valence-corrected chi connectivity index (χ4v) is 2.04. The maximum absolute atomic E-state index is 12.1. The number of allylic oxidation sites excluding steroid dienone is 1. The largest absolute Gasteiger partial charge is 0.493 e. The molecule has 0 saturated carbocycles. The van der Waals surface area contributed by atoms with E-state index in [4.69, 9.17) is 14.7 Å². The van der Waals surface area contributed by atoms with Gasteiger partial charge in [-0.1, -0.05) is 12.1 Å². The Morgan fingerprint density at radius 2 is 1.91 bits per heavy atom. The molecule has 2 aromatic carbocycles. The van der Waals surface area contributed by atoms with E-state index in [2.05, 4.69) is 0 Å². The summed E-state index contributed by atoms with van der Waals surface area (Å²) in [5, 5.41) is 8.76. The van der Waals surface area contributed by atoms with Crippen molar-refractivity contribution in [1.82, 2.24) is 0 Å². The third kappa shape index (κ3) is 4.21. The van der Waals surface area contributed by atoms with E-state index in [0.29, 0.717) is 29.2 Å². The van der Waals surface area contributed by atoms with Crippen LogP contribution in [0, 0.1) is 11.3 Å². The van der Waals surface area contributed by atoms with Crippen LogP contribution in [0.3, 0.4) is 0 Å². The van der Waals surface area contributed by atoms with Gasteiger partial charge in [-0.25, -0.2) is 0 Å². The molecule has 0 fully saturated rings. The fourth-order valence-electron chi connectivity index (χ4n) is 2.04. The molecule has 0 bridgehead atoms. The van der Waals surface area contributed by atoms with E-state index in [9.17, 15) is 4.79 Å². The average molecular weight is 307 g/mol. The molecule has 116 valence electrons. The monoisotopic (exact) mass is 307 g/mol. The number of ether oxygens (including phenoxy) is 2. The first kappa shape index (κ1) is 16.3. The zero-order chi connectivity index (χ0) is 16.7. The lowest BCUT2D eigenvalue weighted by atomic mass is 10.1. The van der Waals surface area contributed by atoms with Crippen LogP contribution < -0.4 is 9.47 Å². The van der Waals surface area contributed by atoms with E-state index >= 15 is 0 Å². The van der Waals surface area contributed by atoms with Gasteiger partial charge in [-0.3, -0.25) is 4.79 Å². The van der Waals surface area contributed by atoms with Crippen LogP contribution in [0.5, 0.6) is 11.5 Å². The Morgan fingerprint density at radius 1 is 1.17 bits per heavy atom. The highest BCUT2D eigenvalue weighted by atomic mass is 16.5. The predicted molar refractivity (Wildman–Crippen MR) is 88.7 cm³/mol. The Morgan fingerprint density at radius 3 is 2.52 bits per heavy atom. The highest BCUT2D eigenvalue weighted by molar-refractivity contribution is 6.06. The predicted octanol–water partition coefficient (Wildman–Crippen LogP) is 3.86. The second kappa shape index (κ2) is 7.81. The summed E-state index contributed by atoms with van der Waals surface area (Å²) in [5.41, 5.74) is 1.91. The maximum Gasteiger partial charge on any atom is 0.185 e. The molecule has 0 heterocycles. The SMILES string of the molecule is CCOc1cc(/C=C/C(=O)c2ccc(C#N)cc2)ccc1OC. The van der Waals surface area contributed by atoms with Crippen molar-refractivity contribution in [3.63, 3.8) is 0 Å². The van der Waals surface area contributed by atoms with Gasteiger partial charge < -0.3 is 9.47 Å². The van der Waals surface area contributed by atoms with Gasteiger partial charge >= 0.3 is 0 Å². The number of hydrogen-bond donors (Lipinski definition) is 0. The van der Waals surface area contributed by atoms with E-state index in [0.717, 1.165) is 5.56 Å². The fraction of sp³-hybridized carbons (Fsp3) is 0.158. The second-order valence-corrected chi connectivity index (χ2v) is 4.73. The molecule has 0 aromatic heterocycles. The van der Waals surface area contributed by atoms with Crippen LogP contribution in [-0.2, 0) is 0 Å². The Bertz CT molecular complexity index is 755. The van der Waals surface area contributed by atoms with Crippen molar-refractivity contribution in [2.75, 3.05) is 13.7 Å². The molecular formula is C19H17NO3. The van der Waals surface area contributed by atoms with Crippen LogP contribution in [0.25, 0.3) is 6.08 Å². The second-order valence-electron chi connectivity index (χ2n) is 4.73. The van der Waals surface area contributed by atoms with Gasteiger partial charge in [-0.15, -0.1) is 0 Å². The number of ketones is 1. The smallest absolute Gasteiger partial charge is 0.185 e. The highest BCUT2D eigenvalue weighted by Crippen LogP contribution is 2.28. The molecule has 0 radical (unpaired) electrons. The number of benzene rings is 2. The van der Waals surface area contributed by atoms with Crippen molar-refractivity contribution in [3.05, 3.63) is 65.2 Å². The van der Waals surface area contributed by atoms with Crippen molar-refractivity contribution in [2.24, 2.45) is 0 Å². The van der Waals surface area contributed by atoms with E-state index in [1.165, 1.54) is 6.08 Å². The number of nitrogens with zero attached hydrogens (tertiary/aromatic N) is 1. The zero-order valence-electron chi connectivity index (χ0n) is 13.1. The maximum atomic E-state index is 12.1. The first-order valence-corrected chi connectivity index (χ1v) is 7.21. The van der Waals surface area contributed by atoms with Crippen LogP contribution in [-0.4, -0.2) is 19.5 Å². The Kier molecular flexibility index (Phi) is 5.54. The molecule has 0 N–H and O–H groups in total. The summed E-state index contributed by atoms with van der Waals surface area (Å²) in [5.74, 6) is 1.17. The third-order valence-corrected chi connectivity index (χ3v) is 3.21. The van der Waals surface area contributed by atoms with Crippen LogP contribution >= 0.6 is 0 Å². The van der Waals surface area contributed by atoms with Crippen molar-refractivity contribution in [3.8, 4) is 17.6 Å². The van der Waals surface area contributed by atoms with Gasteiger partial charge in [0.2, 0.25) is 0 Å². The molecule has 0 aliphatic rings. The van der Waals surface area contributed by atoms with Crippen LogP contribution in [0.1, 0.15) is 28.4 Å². The first-order valence-electron chi connectivity index (χ1n) is 7.21. The first-order chi connectivity index (χ1) is 11.2. The standard InChI is InChI=1S/C19H17NO3/c1-3-23-19-12-14(7-11-18(19)22-2)6-10-17(21)16-8-4-15(13-20)5-9-16/h4-12H,3H2,1-2H3/b10-6+. The summed E-state index contributed by atoms with van der Waals surface area (Å²) in [6.07, 6.45) is 3.22. The highest BCUT2D eigenvalue weighted by Gasteiger charge is 2.05. The van der Waals surface area contributed by atoms with Crippen molar-refractivity contribution < 1.29 is 14.3 Å².